The van der Waals surface area contributed by atoms with Gasteiger partial charge in [0.05, 0.1) is 18.7 Å². The van der Waals surface area contributed by atoms with Crippen molar-refractivity contribution in [2.24, 2.45) is 0 Å². The highest BCUT2D eigenvalue weighted by molar-refractivity contribution is 6.17. The van der Waals surface area contributed by atoms with Gasteiger partial charge in [0.1, 0.15) is 11.4 Å². The Morgan fingerprint density at radius 1 is 1.00 bits per heavy atom. The molecule has 8 heteroatoms. The van der Waals surface area contributed by atoms with Crippen molar-refractivity contribution in [3.05, 3.63) is 65.9 Å². The number of aliphatic hydroxyl groups is 1. The molecule has 2 aromatic rings. The summed E-state index contributed by atoms with van der Waals surface area (Å²) in [6, 6.07) is 12.7. The number of nitrogens with zero attached hydrogens (tertiary/aromatic N) is 1. The third-order valence-electron chi connectivity index (χ3n) is 3.90. The molecule has 1 aliphatic heterocycles. The topological polar surface area (TPSA) is 119 Å². The standard InChI is InChI=1S/C19H17N3O5/c23-10-9-22-17(25)11-15(19(22)27)20-12-5-7-13(8-6-12)21-18(26)14-3-1-2-4-16(14)24/h1-8,11,20,23-24H,9-10H2,(H,21,26). The van der Waals surface area contributed by atoms with Crippen molar-refractivity contribution in [1.82, 2.24) is 4.90 Å². The number of para-hydroxylation sites is 1. The van der Waals surface area contributed by atoms with Crippen LogP contribution in [0.5, 0.6) is 5.75 Å². The molecule has 0 radical (unpaired) electrons. The lowest BCUT2D eigenvalue weighted by atomic mass is 10.2. The molecular formula is C19H17N3O5. The van der Waals surface area contributed by atoms with Gasteiger partial charge in [-0.15, -0.1) is 0 Å². The number of imide groups is 1. The molecule has 1 heterocycles. The Balaban J connectivity index is 1.65. The van der Waals surface area contributed by atoms with Crippen molar-refractivity contribution in [3.8, 4) is 5.75 Å². The number of hydrogen-bond acceptors (Lipinski definition) is 6. The summed E-state index contributed by atoms with van der Waals surface area (Å²) in [5.41, 5.74) is 1.32. The molecule has 0 unspecified atom stereocenters. The number of nitrogens with one attached hydrogen (secondary N) is 2. The maximum Gasteiger partial charge on any atom is 0.277 e. The number of aliphatic hydroxyl groups excluding tert-OH is 1. The zero-order valence-electron chi connectivity index (χ0n) is 14.2. The minimum Gasteiger partial charge on any atom is -0.507 e. The summed E-state index contributed by atoms with van der Waals surface area (Å²) >= 11 is 0. The molecule has 2 aromatic carbocycles. The Kier molecular flexibility index (Phi) is 5.18. The summed E-state index contributed by atoms with van der Waals surface area (Å²) in [5.74, 6) is -1.56. The smallest absolute Gasteiger partial charge is 0.277 e. The first-order valence-corrected chi connectivity index (χ1v) is 8.14. The van der Waals surface area contributed by atoms with Gasteiger partial charge in [-0.25, -0.2) is 0 Å². The highest BCUT2D eigenvalue weighted by Crippen LogP contribution is 2.21. The molecule has 0 spiro atoms. The van der Waals surface area contributed by atoms with E-state index in [0.29, 0.717) is 11.4 Å². The van der Waals surface area contributed by atoms with Crippen LogP contribution < -0.4 is 10.6 Å². The van der Waals surface area contributed by atoms with Gasteiger partial charge < -0.3 is 20.8 Å². The van der Waals surface area contributed by atoms with E-state index in [1.54, 1.807) is 36.4 Å². The van der Waals surface area contributed by atoms with E-state index in [0.717, 1.165) is 4.90 Å². The van der Waals surface area contributed by atoms with Crippen molar-refractivity contribution in [2.45, 2.75) is 0 Å². The van der Waals surface area contributed by atoms with Gasteiger partial charge >= 0.3 is 0 Å². The van der Waals surface area contributed by atoms with E-state index in [1.807, 2.05) is 0 Å². The van der Waals surface area contributed by atoms with Gasteiger partial charge in [-0.1, -0.05) is 12.1 Å². The first-order valence-electron chi connectivity index (χ1n) is 8.14. The van der Waals surface area contributed by atoms with Gasteiger partial charge in [0.15, 0.2) is 0 Å². The average Bonchev–Trinajstić information content (AvgIpc) is 2.91. The van der Waals surface area contributed by atoms with Crippen LogP contribution in [0.4, 0.5) is 11.4 Å². The summed E-state index contributed by atoms with van der Waals surface area (Å²) in [5, 5.41) is 24.1. The second kappa shape index (κ2) is 7.71. The molecule has 8 nitrogen and oxygen atoms in total. The fourth-order valence-corrected chi connectivity index (χ4v) is 2.57. The molecule has 138 valence electrons. The Labute approximate surface area is 154 Å². The number of phenols is 1. The SMILES string of the molecule is O=C(Nc1ccc(NC2=CC(=O)N(CCO)C2=O)cc1)c1ccccc1O. The van der Waals surface area contributed by atoms with Crippen LogP contribution in [0.2, 0.25) is 0 Å². The Hall–Kier alpha value is -3.65. The number of carbonyl (C=O) groups excluding carboxylic acids is 3. The van der Waals surface area contributed by atoms with Gasteiger partial charge in [-0.2, -0.15) is 0 Å². The lowest BCUT2D eigenvalue weighted by molar-refractivity contribution is -0.137. The van der Waals surface area contributed by atoms with Crippen molar-refractivity contribution in [2.75, 3.05) is 23.8 Å². The van der Waals surface area contributed by atoms with Gasteiger partial charge in [0, 0.05) is 17.5 Å². The van der Waals surface area contributed by atoms with Crippen LogP contribution in [0, 0.1) is 0 Å². The largest absolute Gasteiger partial charge is 0.507 e. The summed E-state index contributed by atoms with van der Waals surface area (Å²) in [6.45, 7) is -0.361. The normalized spacial score (nSPS) is 13.5. The second-order valence-electron chi connectivity index (χ2n) is 5.75. The number of hydrogen-bond donors (Lipinski definition) is 4. The maximum atomic E-state index is 12.2. The van der Waals surface area contributed by atoms with Crippen LogP contribution >= 0.6 is 0 Å². The Bertz CT molecular complexity index is 921. The first kappa shape index (κ1) is 18.2. The zero-order valence-corrected chi connectivity index (χ0v) is 14.2. The molecule has 27 heavy (non-hydrogen) atoms. The number of anilines is 2. The number of benzene rings is 2. The van der Waals surface area contributed by atoms with Crippen LogP contribution in [0.15, 0.2) is 60.3 Å². The van der Waals surface area contributed by atoms with Gasteiger partial charge in [0.25, 0.3) is 17.7 Å². The van der Waals surface area contributed by atoms with Crippen LogP contribution in [-0.2, 0) is 9.59 Å². The fraction of sp³-hybridized carbons (Fsp3) is 0.105. The lowest BCUT2D eigenvalue weighted by Gasteiger charge is -2.13. The number of amides is 3. The van der Waals surface area contributed by atoms with Crippen molar-refractivity contribution in [3.63, 3.8) is 0 Å². The highest BCUT2D eigenvalue weighted by atomic mass is 16.3. The second-order valence-corrected chi connectivity index (χ2v) is 5.75. The Morgan fingerprint density at radius 2 is 1.67 bits per heavy atom. The number of rotatable bonds is 6. The number of carbonyl (C=O) groups is 3. The third kappa shape index (κ3) is 3.96. The molecule has 4 N–H and O–H groups in total. The summed E-state index contributed by atoms with van der Waals surface area (Å²) in [6.07, 6.45) is 1.17. The first-order chi connectivity index (χ1) is 13.0. The number of phenolic OH excluding ortho intramolecular Hbond substituents is 1. The molecule has 0 aromatic heterocycles. The molecule has 0 atom stereocenters. The summed E-state index contributed by atoms with van der Waals surface area (Å²) in [4.78, 5) is 36.9. The minimum atomic E-state index is -0.508. The summed E-state index contributed by atoms with van der Waals surface area (Å²) < 4.78 is 0. The van der Waals surface area contributed by atoms with E-state index in [1.165, 1.54) is 18.2 Å². The molecule has 0 fully saturated rings. The van der Waals surface area contributed by atoms with Crippen LogP contribution in [0.1, 0.15) is 10.4 Å². The minimum absolute atomic E-state index is 0.0589. The Morgan fingerprint density at radius 3 is 2.33 bits per heavy atom. The molecular weight excluding hydrogens is 350 g/mol. The predicted molar refractivity (Wildman–Crippen MR) is 98.0 cm³/mol. The summed E-state index contributed by atoms with van der Waals surface area (Å²) in [7, 11) is 0. The van der Waals surface area contributed by atoms with E-state index in [4.69, 9.17) is 5.11 Å². The van der Waals surface area contributed by atoms with Gasteiger partial charge in [-0.05, 0) is 36.4 Å². The third-order valence-corrected chi connectivity index (χ3v) is 3.90. The number of β-amino-alcohol motifs (C(OH)–C–C–N with tert-alkyl or cyclic N) is 1. The fourth-order valence-electron chi connectivity index (χ4n) is 2.57. The molecule has 1 aliphatic rings. The van der Waals surface area contributed by atoms with Crippen LogP contribution in [-0.4, -0.2) is 46.0 Å². The van der Waals surface area contributed by atoms with E-state index in [-0.39, 0.29) is 30.2 Å². The van der Waals surface area contributed by atoms with Crippen molar-refractivity contribution in [1.29, 1.82) is 0 Å². The molecule has 0 aliphatic carbocycles. The molecule has 0 saturated heterocycles. The molecule has 3 amide bonds. The monoisotopic (exact) mass is 367 g/mol. The highest BCUT2D eigenvalue weighted by Gasteiger charge is 2.30. The average molecular weight is 367 g/mol. The van der Waals surface area contributed by atoms with E-state index < -0.39 is 17.7 Å². The van der Waals surface area contributed by atoms with E-state index in [9.17, 15) is 19.5 Å². The predicted octanol–water partition coefficient (Wildman–Crippen LogP) is 1.30. The zero-order chi connectivity index (χ0) is 19.4. The molecule has 3 rings (SSSR count). The van der Waals surface area contributed by atoms with Crippen LogP contribution in [0.25, 0.3) is 0 Å². The van der Waals surface area contributed by atoms with E-state index in [2.05, 4.69) is 10.6 Å². The van der Waals surface area contributed by atoms with Gasteiger partial charge in [-0.3, -0.25) is 19.3 Å². The number of aromatic hydroxyl groups is 1. The van der Waals surface area contributed by atoms with Crippen molar-refractivity contribution >= 4 is 29.1 Å². The quantitative estimate of drug-likeness (QED) is 0.572. The maximum absolute atomic E-state index is 12.2. The molecule has 0 bridgehead atoms. The lowest BCUT2D eigenvalue weighted by Crippen LogP contribution is -2.34. The molecule has 0 saturated carbocycles. The van der Waals surface area contributed by atoms with Crippen molar-refractivity contribution < 1.29 is 24.6 Å². The van der Waals surface area contributed by atoms with Gasteiger partial charge in [0.2, 0.25) is 0 Å². The van der Waals surface area contributed by atoms with Crippen LogP contribution in [0.3, 0.4) is 0 Å². The van der Waals surface area contributed by atoms with E-state index >= 15 is 0 Å².